The van der Waals surface area contributed by atoms with Gasteiger partial charge < -0.3 is 14.7 Å². The van der Waals surface area contributed by atoms with Gasteiger partial charge in [0.2, 0.25) is 0 Å². The average molecular weight is 192 g/mol. The van der Waals surface area contributed by atoms with Crippen LogP contribution in [-0.4, -0.2) is 27.1 Å². The topological polar surface area (TPSA) is 67.5 Å². The number of hydrogen-bond donors (Lipinski definition) is 2. The van der Waals surface area contributed by atoms with Crippen molar-refractivity contribution in [2.45, 2.75) is 6.43 Å². The summed E-state index contributed by atoms with van der Waals surface area (Å²) in [7, 11) is -0.704. The molecule has 0 saturated carbocycles. The number of halogens is 2. The van der Waals surface area contributed by atoms with Crippen LogP contribution in [0.5, 0.6) is 5.75 Å². The van der Waals surface area contributed by atoms with Crippen LogP contribution in [0.3, 0.4) is 0 Å². The Labute approximate surface area is 72.7 Å². The lowest BCUT2D eigenvalue weighted by molar-refractivity contribution is 0.141. The molecule has 1 heterocycles. The van der Waals surface area contributed by atoms with Crippen LogP contribution in [0.1, 0.15) is 12.1 Å². The molecule has 5 nitrogen and oxygen atoms in total. The lowest BCUT2D eigenvalue weighted by atomic mass is 10.2. The third kappa shape index (κ3) is 2.39. The molecule has 0 saturated heterocycles. The van der Waals surface area contributed by atoms with Gasteiger partial charge in [0.1, 0.15) is 0 Å². The Morgan fingerprint density at radius 2 is 2.23 bits per heavy atom. The van der Waals surface area contributed by atoms with Gasteiger partial charge in [-0.15, -0.1) is 0 Å². The molecule has 0 aliphatic carbocycles. The van der Waals surface area contributed by atoms with Gasteiger partial charge in [0.05, 0.1) is 6.20 Å². The van der Waals surface area contributed by atoms with Gasteiger partial charge in [0.25, 0.3) is 6.43 Å². The van der Waals surface area contributed by atoms with Crippen molar-refractivity contribution in [1.29, 1.82) is 0 Å². The molecule has 0 aliphatic rings. The number of hydrogen-bond acceptors (Lipinski definition) is 4. The zero-order chi connectivity index (χ0) is 10.0. The third-order valence-electron chi connectivity index (χ3n) is 1.26. The van der Waals surface area contributed by atoms with E-state index in [0.717, 1.165) is 10.9 Å². The highest BCUT2D eigenvalue weighted by Gasteiger charge is 2.22. The maximum absolute atomic E-state index is 12.2. The maximum Gasteiger partial charge on any atom is 0.707 e. The fraction of sp³-hybridized carbons (Fsp3) is 0.400. The zero-order valence-corrected chi connectivity index (χ0v) is 6.69. The smallest absolute Gasteiger partial charge is 0.509 e. The molecule has 0 amide bonds. The first-order valence-corrected chi connectivity index (χ1v) is 3.35. The fourth-order valence-electron chi connectivity index (χ4n) is 0.839. The molecule has 2 N–H and O–H groups in total. The van der Waals surface area contributed by atoms with Gasteiger partial charge in [-0.2, -0.15) is 5.10 Å². The van der Waals surface area contributed by atoms with E-state index in [2.05, 4.69) is 9.75 Å². The molecule has 0 fully saturated rings. The Morgan fingerprint density at radius 3 is 2.69 bits per heavy atom. The van der Waals surface area contributed by atoms with E-state index in [1.54, 1.807) is 0 Å². The minimum atomic E-state index is -2.81. The SMILES string of the molecule is Cn1cc(OB(O)O)c(C(F)F)n1. The molecule has 1 aromatic rings. The second-order valence-corrected chi connectivity index (χ2v) is 2.30. The minimum Gasteiger partial charge on any atom is -0.509 e. The van der Waals surface area contributed by atoms with Crippen LogP contribution in [-0.2, 0) is 7.05 Å². The molecule has 0 radical (unpaired) electrons. The first-order valence-electron chi connectivity index (χ1n) is 3.35. The second-order valence-electron chi connectivity index (χ2n) is 2.30. The van der Waals surface area contributed by atoms with E-state index >= 15 is 0 Å². The van der Waals surface area contributed by atoms with Crippen LogP contribution in [0.2, 0.25) is 0 Å². The minimum absolute atomic E-state index is 0.340. The fourth-order valence-corrected chi connectivity index (χ4v) is 0.839. The summed E-state index contributed by atoms with van der Waals surface area (Å²) in [5, 5.41) is 20.1. The molecule has 1 rings (SSSR count). The highest BCUT2D eigenvalue weighted by atomic mass is 19.3. The normalized spacial score (nSPS) is 10.6. The van der Waals surface area contributed by atoms with Crippen molar-refractivity contribution in [2.24, 2.45) is 7.05 Å². The Balaban J connectivity index is 2.91. The average Bonchev–Trinajstić information content (AvgIpc) is 2.29. The summed E-state index contributed by atoms with van der Waals surface area (Å²) in [5.41, 5.74) is -0.615. The van der Waals surface area contributed by atoms with Gasteiger partial charge >= 0.3 is 7.32 Å². The first-order chi connectivity index (χ1) is 6.00. The number of aromatic nitrogens is 2. The maximum atomic E-state index is 12.2. The van der Waals surface area contributed by atoms with Gasteiger partial charge in [-0.1, -0.05) is 0 Å². The van der Waals surface area contributed by atoms with E-state index in [1.807, 2.05) is 0 Å². The monoisotopic (exact) mass is 192 g/mol. The Morgan fingerprint density at radius 1 is 1.62 bits per heavy atom. The van der Waals surface area contributed by atoms with Crippen LogP contribution in [0.15, 0.2) is 6.20 Å². The first kappa shape index (κ1) is 9.94. The van der Waals surface area contributed by atoms with Gasteiger partial charge in [-0.25, -0.2) is 8.78 Å². The molecule has 0 unspecified atom stereocenters. The molecule has 0 atom stereocenters. The van der Waals surface area contributed by atoms with E-state index in [1.165, 1.54) is 7.05 Å². The van der Waals surface area contributed by atoms with E-state index in [4.69, 9.17) is 10.0 Å². The summed E-state index contributed by atoms with van der Waals surface area (Å²) in [5.74, 6) is -0.340. The summed E-state index contributed by atoms with van der Waals surface area (Å²) in [6.45, 7) is 0. The molecular formula is C5H7BF2N2O3. The molecule has 8 heteroatoms. The van der Waals surface area contributed by atoms with Crippen LogP contribution in [0.25, 0.3) is 0 Å². The summed E-state index contributed by atoms with van der Waals surface area (Å²) in [6.07, 6.45) is -1.68. The van der Waals surface area contributed by atoms with Gasteiger partial charge in [-0.05, 0) is 0 Å². The molecule has 0 aliphatic heterocycles. The van der Waals surface area contributed by atoms with Crippen molar-refractivity contribution in [3.63, 3.8) is 0 Å². The van der Waals surface area contributed by atoms with E-state index < -0.39 is 19.4 Å². The largest absolute Gasteiger partial charge is 0.707 e. The molecule has 72 valence electrons. The summed E-state index contributed by atoms with van der Waals surface area (Å²) < 4.78 is 29.7. The molecule has 0 aromatic carbocycles. The van der Waals surface area contributed by atoms with Crippen molar-refractivity contribution < 1.29 is 23.5 Å². The zero-order valence-electron chi connectivity index (χ0n) is 6.69. The van der Waals surface area contributed by atoms with Crippen LogP contribution >= 0.6 is 0 Å². The van der Waals surface area contributed by atoms with Gasteiger partial charge in [0.15, 0.2) is 11.4 Å². The van der Waals surface area contributed by atoms with Crippen molar-refractivity contribution in [1.82, 2.24) is 9.78 Å². The Kier molecular flexibility index (Phi) is 2.84. The van der Waals surface area contributed by atoms with Crippen molar-refractivity contribution in [3.8, 4) is 5.75 Å². The number of rotatable bonds is 3. The Hall–Kier alpha value is -1.15. The van der Waals surface area contributed by atoms with E-state index in [-0.39, 0.29) is 5.75 Å². The van der Waals surface area contributed by atoms with E-state index in [9.17, 15) is 8.78 Å². The summed E-state index contributed by atoms with van der Waals surface area (Å²) >= 11 is 0. The van der Waals surface area contributed by atoms with E-state index in [0.29, 0.717) is 0 Å². The molecule has 0 spiro atoms. The van der Waals surface area contributed by atoms with Crippen molar-refractivity contribution >= 4 is 7.32 Å². The molecular weight excluding hydrogens is 185 g/mol. The summed E-state index contributed by atoms with van der Waals surface area (Å²) in [4.78, 5) is 0. The molecule has 0 bridgehead atoms. The standard InChI is InChI=1S/C5H7BF2N2O3/c1-10-2-3(13-6(11)12)4(9-10)5(7)8/h2,5,11-12H,1H3. The highest BCUT2D eigenvalue weighted by Crippen LogP contribution is 2.26. The van der Waals surface area contributed by atoms with Crippen molar-refractivity contribution in [2.75, 3.05) is 0 Å². The molecule has 13 heavy (non-hydrogen) atoms. The van der Waals surface area contributed by atoms with Crippen LogP contribution in [0, 0.1) is 0 Å². The van der Waals surface area contributed by atoms with Gasteiger partial charge in [-0.3, -0.25) is 4.68 Å². The number of alkyl halides is 2. The Bertz CT molecular complexity index is 291. The number of nitrogens with zero attached hydrogens (tertiary/aromatic N) is 2. The van der Waals surface area contributed by atoms with Crippen LogP contribution < -0.4 is 4.65 Å². The highest BCUT2D eigenvalue weighted by molar-refractivity contribution is 6.33. The number of aryl methyl sites for hydroxylation is 1. The predicted molar refractivity (Wildman–Crippen MR) is 39.0 cm³/mol. The van der Waals surface area contributed by atoms with Gasteiger partial charge in [0, 0.05) is 7.05 Å². The third-order valence-corrected chi connectivity index (χ3v) is 1.26. The van der Waals surface area contributed by atoms with Crippen LogP contribution in [0.4, 0.5) is 8.78 Å². The lowest BCUT2D eigenvalue weighted by Crippen LogP contribution is -2.21. The quantitative estimate of drug-likeness (QED) is 0.645. The summed E-state index contributed by atoms with van der Waals surface area (Å²) in [6, 6.07) is 0. The second kappa shape index (κ2) is 3.71. The lowest BCUT2D eigenvalue weighted by Gasteiger charge is -2.02. The molecule has 1 aromatic heterocycles. The predicted octanol–water partition coefficient (Wildman–Crippen LogP) is -0.294. The van der Waals surface area contributed by atoms with Crippen molar-refractivity contribution in [3.05, 3.63) is 11.9 Å².